The molecule has 110 valence electrons. The molecule has 4 heteroatoms. The van der Waals surface area contributed by atoms with Crippen LogP contribution in [-0.4, -0.2) is 6.04 Å². The highest BCUT2D eigenvalue weighted by atomic mass is 32.1. The highest BCUT2D eigenvalue weighted by Gasteiger charge is 2.17. The van der Waals surface area contributed by atoms with Crippen molar-refractivity contribution in [2.45, 2.75) is 31.8 Å². The lowest BCUT2D eigenvalue weighted by Crippen LogP contribution is -2.32. The molecule has 0 bridgehead atoms. The molecule has 3 aromatic heterocycles. The van der Waals surface area contributed by atoms with Crippen LogP contribution in [0.3, 0.4) is 0 Å². The highest BCUT2D eigenvalue weighted by molar-refractivity contribution is 7.10. The first-order valence-corrected chi connectivity index (χ1v) is 9.79. The summed E-state index contributed by atoms with van der Waals surface area (Å²) in [6.45, 7) is 2.29. The van der Waals surface area contributed by atoms with Crippen molar-refractivity contribution >= 4 is 34.0 Å². The molecule has 21 heavy (non-hydrogen) atoms. The molecule has 0 radical (unpaired) electrons. The van der Waals surface area contributed by atoms with Crippen molar-refractivity contribution in [3.63, 3.8) is 0 Å². The van der Waals surface area contributed by atoms with Crippen molar-refractivity contribution < 1.29 is 0 Å². The van der Waals surface area contributed by atoms with Gasteiger partial charge in [-0.2, -0.15) is 0 Å². The number of nitrogens with one attached hydrogen (secondary N) is 1. The molecule has 0 saturated carbocycles. The quantitative estimate of drug-likeness (QED) is 0.612. The van der Waals surface area contributed by atoms with Crippen LogP contribution >= 0.6 is 34.0 Å². The Morgan fingerprint density at radius 3 is 2.05 bits per heavy atom. The maximum Gasteiger partial charge on any atom is 0.0465 e. The van der Waals surface area contributed by atoms with E-state index in [-0.39, 0.29) is 0 Å². The summed E-state index contributed by atoms with van der Waals surface area (Å²) in [5, 5.41) is 10.3. The van der Waals surface area contributed by atoms with Gasteiger partial charge in [-0.15, -0.1) is 34.0 Å². The molecule has 0 amide bonds. The summed E-state index contributed by atoms with van der Waals surface area (Å²) in [7, 11) is 0. The van der Waals surface area contributed by atoms with E-state index in [0.29, 0.717) is 12.1 Å². The Balaban J connectivity index is 1.67. The van der Waals surface area contributed by atoms with Gasteiger partial charge in [0.1, 0.15) is 0 Å². The van der Waals surface area contributed by atoms with Crippen molar-refractivity contribution in [2.75, 3.05) is 0 Å². The maximum absolute atomic E-state index is 3.82. The highest BCUT2D eigenvalue weighted by Crippen LogP contribution is 2.26. The molecule has 2 atom stereocenters. The predicted octanol–water partition coefficient (Wildman–Crippen LogP) is 5.38. The molecule has 1 N–H and O–H groups in total. The second-order valence-electron chi connectivity index (χ2n) is 5.20. The lowest BCUT2D eigenvalue weighted by atomic mass is 10.1. The minimum atomic E-state index is 0.415. The van der Waals surface area contributed by atoms with Gasteiger partial charge in [0.05, 0.1) is 0 Å². The van der Waals surface area contributed by atoms with Gasteiger partial charge in [0.15, 0.2) is 0 Å². The van der Waals surface area contributed by atoms with Crippen LogP contribution in [0.2, 0.25) is 0 Å². The molecule has 0 aliphatic rings. The van der Waals surface area contributed by atoms with Gasteiger partial charge in [-0.25, -0.2) is 0 Å². The van der Waals surface area contributed by atoms with Crippen molar-refractivity contribution in [1.29, 1.82) is 0 Å². The third-order valence-electron chi connectivity index (χ3n) is 3.45. The maximum atomic E-state index is 3.82. The Morgan fingerprint density at radius 1 is 0.857 bits per heavy atom. The normalized spacial score (nSPS) is 14.1. The van der Waals surface area contributed by atoms with Crippen LogP contribution in [0.1, 0.15) is 27.6 Å². The van der Waals surface area contributed by atoms with Crippen molar-refractivity contribution in [3.8, 4) is 0 Å². The smallest absolute Gasteiger partial charge is 0.0465 e. The van der Waals surface area contributed by atoms with E-state index in [1.165, 1.54) is 14.6 Å². The van der Waals surface area contributed by atoms with Gasteiger partial charge in [-0.3, -0.25) is 0 Å². The molecule has 0 aliphatic carbocycles. The van der Waals surface area contributed by atoms with Crippen LogP contribution in [0.25, 0.3) is 0 Å². The van der Waals surface area contributed by atoms with E-state index in [1.807, 2.05) is 34.0 Å². The van der Waals surface area contributed by atoms with Crippen molar-refractivity contribution in [3.05, 3.63) is 67.2 Å². The lowest BCUT2D eigenvalue weighted by Gasteiger charge is -2.22. The zero-order valence-electron chi connectivity index (χ0n) is 12.0. The van der Waals surface area contributed by atoms with Gasteiger partial charge < -0.3 is 5.32 Å². The minimum absolute atomic E-state index is 0.415. The topological polar surface area (TPSA) is 12.0 Å². The van der Waals surface area contributed by atoms with E-state index >= 15 is 0 Å². The summed E-state index contributed by atoms with van der Waals surface area (Å²) in [5.74, 6) is 0. The second-order valence-corrected chi connectivity index (χ2v) is 8.25. The van der Waals surface area contributed by atoms with Gasteiger partial charge in [0.2, 0.25) is 0 Å². The zero-order chi connectivity index (χ0) is 14.5. The standard InChI is InChI=1S/C17H19NS3/c1-13(11-14-5-2-8-19-14)18-16(17-7-4-10-21-17)12-15-6-3-9-20-15/h2-10,13,16,18H,11-12H2,1H3. The Kier molecular flexibility index (Phi) is 5.25. The third-order valence-corrected chi connectivity index (χ3v) is 6.23. The van der Waals surface area contributed by atoms with Gasteiger partial charge >= 0.3 is 0 Å². The van der Waals surface area contributed by atoms with Crippen LogP contribution in [0.5, 0.6) is 0 Å². The van der Waals surface area contributed by atoms with Crippen LogP contribution in [0, 0.1) is 0 Å². The number of rotatable bonds is 7. The molecule has 0 aliphatic heterocycles. The van der Waals surface area contributed by atoms with Crippen LogP contribution in [0.4, 0.5) is 0 Å². The van der Waals surface area contributed by atoms with Crippen LogP contribution in [0.15, 0.2) is 52.5 Å². The molecule has 3 heterocycles. The SMILES string of the molecule is CC(Cc1cccs1)NC(Cc1cccs1)c1cccs1. The van der Waals surface area contributed by atoms with E-state index in [2.05, 4.69) is 64.8 Å². The number of thiophene rings is 3. The van der Waals surface area contributed by atoms with Gasteiger partial charge in [0, 0.05) is 33.1 Å². The Hall–Kier alpha value is -0.940. The molecule has 0 saturated heterocycles. The third kappa shape index (κ3) is 4.27. The Bertz CT molecular complexity index is 611. The first-order valence-electron chi connectivity index (χ1n) is 7.15. The molecule has 2 unspecified atom stereocenters. The zero-order valence-corrected chi connectivity index (χ0v) is 14.4. The number of hydrogen-bond acceptors (Lipinski definition) is 4. The first kappa shape index (κ1) is 15.0. The van der Waals surface area contributed by atoms with Gasteiger partial charge in [-0.05, 0) is 47.7 Å². The average molecular weight is 334 g/mol. The summed E-state index contributed by atoms with van der Waals surface area (Å²) in [6, 6.07) is 14.0. The fourth-order valence-corrected chi connectivity index (χ4v) is 4.87. The second kappa shape index (κ2) is 7.36. The first-order chi connectivity index (χ1) is 10.3. The molecule has 0 aromatic carbocycles. The van der Waals surface area contributed by atoms with Crippen molar-refractivity contribution in [2.24, 2.45) is 0 Å². The molecular weight excluding hydrogens is 314 g/mol. The van der Waals surface area contributed by atoms with E-state index in [4.69, 9.17) is 0 Å². The van der Waals surface area contributed by atoms with E-state index < -0.39 is 0 Å². The van der Waals surface area contributed by atoms with Crippen LogP contribution in [-0.2, 0) is 12.8 Å². The van der Waals surface area contributed by atoms with E-state index in [0.717, 1.165) is 12.8 Å². The molecule has 0 fully saturated rings. The summed E-state index contributed by atoms with van der Waals surface area (Å²) in [4.78, 5) is 4.33. The summed E-state index contributed by atoms with van der Waals surface area (Å²) in [6.07, 6.45) is 2.18. The van der Waals surface area contributed by atoms with Crippen molar-refractivity contribution in [1.82, 2.24) is 5.32 Å². The Morgan fingerprint density at radius 2 is 1.48 bits per heavy atom. The minimum Gasteiger partial charge on any atom is -0.306 e. The molecule has 0 spiro atoms. The largest absolute Gasteiger partial charge is 0.306 e. The lowest BCUT2D eigenvalue weighted by molar-refractivity contribution is 0.459. The predicted molar refractivity (Wildman–Crippen MR) is 95.7 cm³/mol. The van der Waals surface area contributed by atoms with Crippen LogP contribution < -0.4 is 5.32 Å². The summed E-state index contributed by atoms with van der Waals surface area (Å²) >= 11 is 5.54. The fourth-order valence-electron chi connectivity index (χ4n) is 2.49. The average Bonchev–Trinajstić information content (AvgIpc) is 3.22. The summed E-state index contributed by atoms with van der Waals surface area (Å²) < 4.78 is 0. The summed E-state index contributed by atoms with van der Waals surface area (Å²) in [5.41, 5.74) is 0. The Labute approximate surface area is 138 Å². The molecular formula is C17H19NS3. The number of hydrogen-bond donors (Lipinski definition) is 1. The van der Waals surface area contributed by atoms with Gasteiger partial charge in [0.25, 0.3) is 0 Å². The molecule has 3 rings (SSSR count). The molecule has 3 aromatic rings. The van der Waals surface area contributed by atoms with E-state index in [1.54, 1.807) is 0 Å². The van der Waals surface area contributed by atoms with E-state index in [9.17, 15) is 0 Å². The fraction of sp³-hybridized carbons (Fsp3) is 0.294. The monoisotopic (exact) mass is 333 g/mol. The molecule has 1 nitrogen and oxygen atoms in total. The van der Waals surface area contributed by atoms with Gasteiger partial charge in [-0.1, -0.05) is 18.2 Å².